The molecule has 4 rings (SSSR count). The van der Waals surface area contributed by atoms with E-state index in [1.165, 1.54) is 41.1 Å². The van der Waals surface area contributed by atoms with E-state index in [1.54, 1.807) is 36.5 Å². The molecule has 0 aliphatic heterocycles. The first-order chi connectivity index (χ1) is 16.8. The lowest BCUT2D eigenvalue weighted by Crippen LogP contribution is -2.14. The lowest BCUT2D eigenvalue weighted by atomic mass is 10.2. The van der Waals surface area contributed by atoms with Crippen molar-refractivity contribution in [1.29, 1.82) is 0 Å². The Labute approximate surface area is 213 Å². The number of non-ortho nitro benzene ring substituents is 1. The number of halogens is 3. The quantitative estimate of drug-likeness (QED) is 0.196. The van der Waals surface area contributed by atoms with Gasteiger partial charge in [-0.1, -0.05) is 40.9 Å². The number of amides is 1. The first-order valence-electron chi connectivity index (χ1n) is 9.92. The third kappa shape index (κ3) is 6.42. The van der Waals surface area contributed by atoms with E-state index < -0.39 is 10.8 Å². The smallest absolute Gasteiger partial charge is 0.276 e. The third-order valence-electron chi connectivity index (χ3n) is 4.51. The zero-order chi connectivity index (χ0) is 24.9. The minimum Gasteiger partial charge on any atom is -0.471 e. The highest BCUT2D eigenvalue weighted by atomic mass is 35.5. The number of carbonyl (C=O) groups excluding carboxylic acids is 1. The molecule has 0 atom stereocenters. The maximum absolute atomic E-state index is 12.7. The largest absolute Gasteiger partial charge is 0.471 e. The molecular formula is C23H15Cl3N4O5. The number of rotatable bonds is 8. The van der Waals surface area contributed by atoms with E-state index >= 15 is 0 Å². The van der Waals surface area contributed by atoms with Crippen molar-refractivity contribution in [3.63, 3.8) is 0 Å². The van der Waals surface area contributed by atoms with Crippen LogP contribution in [0.15, 0.2) is 72.9 Å². The summed E-state index contributed by atoms with van der Waals surface area (Å²) in [7, 11) is 0. The van der Waals surface area contributed by atoms with E-state index in [4.69, 9.17) is 44.3 Å². The van der Waals surface area contributed by atoms with Crippen LogP contribution in [0.3, 0.4) is 0 Å². The second-order valence-electron chi connectivity index (χ2n) is 7.07. The first-order valence-corrected chi connectivity index (χ1v) is 11.1. The fourth-order valence-corrected chi connectivity index (χ4v) is 3.58. The van der Waals surface area contributed by atoms with Gasteiger partial charge in [0.15, 0.2) is 12.4 Å². The van der Waals surface area contributed by atoms with Gasteiger partial charge in [0.05, 0.1) is 21.7 Å². The number of anilines is 1. The van der Waals surface area contributed by atoms with Gasteiger partial charge >= 0.3 is 0 Å². The fraction of sp³-hybridized carbons (Fsp3) is 0.0435. The van der Waals surface area contributed by atoms with Crippen LogP contribution in [0.1, 0.15) is 10.5 Å². The van der Waals surface area contributed by atoms with Crippen molar-refractivity contribution in [1.82, 2.24) is 9.78 Å². The molecule has 0 saturated heterocycles. The number of ether oxygens (including phenoxy) is 2. The molecule has 0 spiro atoms. The predicted molar refractivity (Wildman–Crippen MR) is 132 cm³/mol. The van der Waals surface area contributed by atoms with Gasteiger partial charge in [0, 0.05) is 28.4 Å². The van der Waals surface area contributed by atoms with Crippen LogP contribution in [0, 0.1) is 10.1 Å². The number of benzene rings is 3. The Morgan fingerprint density at radius 1 is 1.00 bits per heavy atom. The maximum Gasteiger partial charge on any atom is 0.276 e. The van der Waals surface area contributed by atoms with Crippen LogP contribution in [-0.4, -0.2) is 20.6 Å². The molecule has 0 saturated carbocycles. The Bertz CT molecular complexity index is 1410. The number of nitro benzene ring substituents is 1. The summed E-state index contributed by atoms with van der Waals surface area (Å²) in [4.78, 5) is 23.5. The van der Waals surface area contributed by atoms with Gasteiger partial charge in [-0.3, -0.25) is 14.9 Å². The van der Waals surface area contributed by atoms with Crippen molar-refractivity contribution < 1.29 is 19.2 Å². The van der Waals surface area contributed by atoms with Gasteiger partial charge in [0.2, 0.25) is 0 Å². The van der Waals surface area contributed by atoms with E-state index in [0.29, 0.717) is 15.8 Å². The SMILES string of the molecule is O=C(Nc1cc(Oc2ccc(Cl)cc2Cl)cc([N+](=O)[O-])c1)c1ccn(COc2cccc(Cl)c2)n1. The lowest BCUT2D eigenvalue weighted by molar-refractivity contribution is -0.384. The third-order valence-corrected chi connectivity index (χ3v) is 5.28. The average Bonchev–Trinajstić information content (AvgIpc) is 3.29. The van der Waals surface area contributed by atoms with Gasteiger partial charge in [-0.2, -0.15) is 5.10 Å². The monoisotopic (exact) mass is 532 g/mol. The summed E-state index contributed by atoms with van der Waals surface area (Å²) >= 11 is 17.9. The molecule has 9 nitrogen and oxygen atoms in total. The molecule has 1 aromatic heterocycles. The minimum atomic E-state index is -0.603. The summed E-state index contributed by atoms with van der Waals surface area (Å²) in [6, 6.07) is 16.8. The molecule has 0 unspecified atom stereocenters. The molecule has 1 N–H and O–H groups in total. The molecule has 0 bridgehead atoms. The van der Waals surface area contributed by atoms with Gasteiger partial charge in [-0.25, -0.2) is 4.68 Å². The van der Waals surface area contributed by atoms with E-state index in [0.717, 1.165) is 0 Å². The molecule has 35 heavy (non-hydrogen) atoms. The van der Waals surface area contributed by atoms with Gasteiger partial charge in [-0.05, 0) is 42.5 Å². The minimum absolute atomic E-state index is 0.0459. The van der Waals surface area contributed by atoms with Gasteiger partial charge in [0.25, 0.3) is 11.6 Å². The van der Waals surface area contributed by atoms with Crippen LogP contribution in [0.2, 0.25) is 15.1 Å². The van der Waals surface area contributed by atoms with Crippen molar-refractivity contribution >= 4 is 52.1 Å². The zero-order valence-corrected chi connectivity index (χ0v) is 19.9. The summed E-state index contributed by atoms with van der Waals surface area (Å²) in [5.41, 5.74) is -0.0771. The number of aromatic nitrogens is 2. The molecular weight excluding hydrogens is 519 g/mol. The van der Waals surface area contributed by atoms with E-state index in [2.05, 4.69) is 10.4 Å². The lowest BCUT2D eigenvalue weighted by Gasteiger charge is -2.10. The Balaban J connectivity index is 1.48. The number of hydrogen-bond acceptors (Lipinski definition) is 6. The van der Waals surface area contributed by atoms with E-state index in [1.807, 2.05) is 0 Å². The Morgan fingerprint density at radius 3 is 2.54 bits per heavy atom. The second kappa shape index (κ2) is 10.6. The summed E-state index contributed by atoms with van der Waals surface area (Å²) in [6.07, 6.45) is 1.56. The molecule has 1 heterocycles. The molecule has 12 heteroatoms. The van der Waals surface area contributed by atoms with Crippen molar-refractivity contribution in [2.45, 2.75) is 6.73 Å². The van der Waals surface area contributed by atoms with Crippen LogP contribution >= 0.6 is 34.8 Å². The number of hydrogen-bond donors (Lipinski definition) is 1. The average molecular weight is 534 g/mol. The molecule has 1 amide bonds. The van der Waals surface area contributed by atoms with Crippen molar-refractivity contribution in [3.05, 3.63) is 104 Å². The van der Waals surface area contributed by atoms with Crippen molar-refractivity contribution in [2.75, 3.05) is 5.32 Å². The standard InChI is InChI=1S/C23H15Cl3N4O5/c24-14-2-1-3-18(8-14)34-13-29-7-6-21(28-29)23(31)27-16-10-17(30(32)33)12-19(11-16)35-22-5-4-15(25)9-20(22)26/h1-12H,13H2,(H,27,31). The van der Waals surface area contributed by atoms with Gasteiger partial charge in [0.1, 0.15) is 17.2 Å². The highest BCUT2D eigenvalue weighted by Crippen LogP contribution is 2.34. The summed E-state index contributed by atoms with van der Waals surface area (Å²) in [5.74, 6) is 0.304. The molecule has 0 aliphatic carbocycles. The molecule has 0 aliphatic rings. The molecule has 0 fully saturated rings. The van der Waals surface area contributed by atoms with Crippen LogP contribution in [0.4, 0.5) is 11.4 Å². The summed E-state index contributed by atoms with van der Waals surface area (Å²) in [6.45, 7) is 0.0459. The van der Waals surface area contributed by atoms with Gasteiger partial charge < -0.3 is 14.8 Å². The Hall–Kier alpha value is -3.79. The Kier molecular flexibility index (Phi) is 7.40. The first kappa shape index (κ1) is 24.3. The van der Waals surface area contributed by atoms with E-state index in [9.17, 15) is 14.9 Å². The number of carbonyl (C=O) groups is 1. The maximum atomic E-state index is 12.7. The number of nitrogens with one attached hydrogen (secondary N) is 1. The van der Waals surface area contributed by atoms with Crippen molar-refractivity contribution in [2.24, 2.45) is 0 Å². The summed E-state index contributed by atoms with van der Waals surface area (Å²) < 4.78 is 12.7. The van der Waals surface area contributed by atoms with Crippen LogP contribution in [-0.2, 0) is 6.73 Å². The number of nitro groups is 1. The molecule has 0 radical (unpaired) electrons. The highest BCUT2D eigenvalue weighted by molar-refractivity contribution is 6.35. The van der Waals surface area contributed by atoms with Crippen molar-refractivity contribution in [3.8, 4) is 17.2 Å². The Morgan fingerprint density at radius 2 is 1.80 bits per heavy atom. The van der Waals surface area contributed by atoms with Crippen LogP contribution < -0.4 is 14.8 Å². The second-order valence-corrected chi connectivity index (χ2v) is 8.35. The molecule has 3 aromatic carbocycles. The molecule has 178 valence electrons. The van der Waals surface area contributed by atoms with E-state index in [-0.39, 0.29) is 40.3 Å². The molecule has 4 aromatic rings. The number of nitrogens with zero attached hydrogens (tertiary/aromatic N) is 3. The fourth-order valence-electron chi connectivity index (χ4n) is 2.95. The topological polar surface area (TPSA) is 109 Å². The predicted octanol–water partition coefficient (Wildman–Crippen LogP) is 6.83. The highest BCUT2D eigenvalue weighted by Gasteiger charge is 2.16. The normalized spacial score (nSPS) is 10.6. The zero-order valence-electron chi connectivity index (χ0n) is 17.7. The summed E-state index contributed by atoms with van der Waals surface area (Å²) in [5, 5.41) is 19.3. The van der Waals surface area contributed by atoms with Crippen LogP contribution in [0.25, 0.3) is 0 Å². The van der Waals surface area contributed by atoms with Crippen LogP contribution in [0.5, 0.6) is 17.2 Å². The van der Waals surface area contributed by atoms with Gasteiger partial charge in [-0.15, -0.1) is 0 Å².